The third-order valence-corrected chi connectivity index (χ3v) is 7.65. The van der Waals surface area contributed by atoms with Crippen molar-refractivity contribution in [3.05, 3.63) is 52.8 Å². The quantitative estimate of drug-likeness (QED) is 0.513. The van der Waals surface area contributed by atoms with Gasteiger partial charge in [0.1, 0.15) is 11.1 Å². The number of anilines is 1. The average molecular weight is 464 g/mol. The zero-order valence-corrected chi connectivity index (χ0v) is 20.0. The van der Waals surface area contributed by atoms with Gasteiger partial charge in [-0.1, -0.05) is 38.6 Å². The molecule has 0 fully saturated rings. The minimum absolute atomic E-state index is 0.132. The lowest BCUT2D eigenvalue weighted by Gasteiger charge is -2.35. The Hall–Kier alpha value is -2.76. The van der Waals surface area contributed by atoms with E-state index in [9.17, 15) is 10.1 Å². The average Bonchev–Trinajstić information content (AvgIpc) is 3.30. The van der Waals surface area contributed by atoms with Gasteiger partial charge in [0.15, 0.2) is 0 Å². The number of carbonyl (C=O) groups excluding carboxylic acids is 1. The summed E-state index contributed by atoms with van der Waals surface area (Å²) in [5, 5.41) is 15.4. The van der Waals surface area contributed by atoms with Crippen LogP contribution in [0.3, 0.4) is 0 Å². The Labute approximate surface area is 196 Å². The molecule has 4 rings (SSSR count). The lowest BCUT2D eigenvalue weighted by molar-refractivity contribution is -0.113. The van der Waals surface area contributed by atoms with E-state index in [0.29, 0.717) is 16.5 Å². The molecule has 0 aliphatic heterocycles. The number of hydrogen-bond acceptors (Lipinski definition) is 7. The van der Waals surface area contributed by atoms with Crippen LogP contribution in [0.1, 0.15) is 44.0 Å². The summed E-state index contributed by atoms with van der Waals surface area (Å²) < 4.78 is 0. The number of carbonyl (C=O) groups is 1. The Bertz CT molecular complexity index is 1150. The van der Waals surface area contributed by atoms with E-state index < -0.39 is 0 Å². The van der Waals surface area contributed by atoms with Crippen molar-refractivity contribution in [2.75, 3.05) is 11.1 Å². The molecule has 0 saturated heterocycles. The van der Waals surface area contributed by atoms with Crippen LogP contribution in [0.4, 0.5) is 5.95 Å². The van der Waals surface area contributed by atoms with Gasteiger partial charge in [0.2, 0.25) is 11.9 Å². The van der Waals surface area contributed by atoms with Crippen molar-refractivity contribution >= 4 is 35.0 Å². The number of fused-ring (bicyclic) bond motifs is 1. The van der Waals surface area contributed by atoms with Crippen LogP contribution in [-0.4, -0.2) is 26.6 Å². The molecule has 1 aliphatic carbocycles. The van der Waals surface area contributed by atoms with Crippen molar-refractivity contribution in [1.29, 1.82) is 5.26 Å². The van der Waals surface area contributed by atoms with E-state index in [-0.39, 0.29) is 23.0 Å². The second kappa shape index (κ2) is 9.39. The number of hydrogen-bond donors (Lipinski definition) is 1. The second-order valence-electron chi connectivity index (χ2n) is 8.90. The molecule has 3 aromatic heterocycles. The van der Waals surface area contributed by atoms with E-state index in [0.717, 1.165) is 35.4 Å². The van der Waals surface area contributed by atoms with Gasteiger partial charge < -0.3 is 0 Å². The summed E-state index contributed by atoms with van der Waals surface area (Å²) in [6, 6.07) is 8.17. The number of amides is 1. The predicted molar refractivity (Wildman–Crippen MR) is 129 cm³/mol. The van der Waals surface area contributed by atoms with Gasteiger partial charge >= 0.3 is 0 Å². The van der Waals surface area contributed by atoms with Crippen molar-refractivity contribution in [3.63, 3.8) is 0 Å². The number of nitrogens with zero attached hydrogens (tertiary/aromatic N) is 4. The summed E-state index contributed by atoms with van der Waals surface area (Å²) in [5.41, 5.74) is 4.01. The first-order chi connectivity index (χ1) is 15.4. The molecule has 0 spiro atoms. The van der Waals surface area contributed by atoms with E-state index in [2.05, 4.69) is 48.2 Å². The first kappa shape index (κ1) is 22.4. The van der Waals surface area contributed by atoms with Crippen molar-refractivity contribution in [2.45, 2.75) is 45.1 Å². The molecule has 0 aromatic carbocycles. The van der Waals surface area contributed by atoms with E-state index in [4.69, 9.17) is 4.98 Å². The van der Waals surface area contributed by atoms with Gasteiger partial charge in [-0.3, -0.25) is 10.1 Å². The van der Waals surface area contributed by atoms with Crippen molar-refractivity contribution < 1.29 is 4.79 Å². The third-order valence-electron chi connectivity index (χ3n) is 5.79. The van der Waals surface area contributed by atoms with Crippen LogP contribution < -0.4 is 5.32 Å². The topological polar surface area (TPSA) is 91.6 Å². The van der Waals surface area contributed by atoms with Crippen LogP contribution in [0.15, 0.2) is 41.0 Å². The van der Waals surface area contributed by atoms with Crippen LogP contribution in [0.2, 0.25) is 0 Å². The Morgan fingerprint density at radius 1 is 1.31 bits per heavy atom. The van der Waals surface area contributed by atoms with Crippen LogP contribution in [0.25, 0.3) is 10.4 Å². The van der Waals surface area contributed by atoms with Crippen LogP contribution in [0, 0.1) is 22.7 Å². The second-order valence-corrected chi connectivity index (χ2v) is 10.8. The molecule has 8 heteroatoms. The highest BCUT2D eigenvalue weighted by Gasteiger charge is 2.33. The van der Waals surface area contributed by atoms with Gasteiger partial charge in [0.05, 0.1) is 11.3 Å². The fraction of sp³-hybridized carbons (Fsp3) is 0.375. The maximum atomic E-state index is 12.4. The highest BCUT2D eigenvalue weighted by molar-refractivity contribution is 8.00. The number of aryl methyl sites for hydroxylation is 1. The Morgan fingerprint density at radius 3 is 2.75 bits per heavy atom. The van der Waals surface area contributed by atoms with Crippen LogP contribution >= 0.6 is 23.1 Å². The standard InChI is InChI=1S/C24H25N5OS2/c1-24(2,3)15-7-8-18-16(12-15)21(19-6-4-11-31-19)17(13-25)22(28-18)32-14-20(30)29-23-26-9-5-10-27-23/h4-6,9-11,15H,7-8,12,14H2,1-3H3,(H,26,27,29,30)/t15-/m1/s1. The maximum absolute atomic E-state index is 12.4. The normalized spacial score (nSPS) is 15.6. The summed E-state index contributed by atoms with van der Waals surface area (Å²) in [4.78, 5) is 26.4. The van der Waals surface area contributed by atoms with Crippen molar-refractivity contribution in [3.8, 4) is 16.5 Å². The minimum atomic E-state index is -0.227. The largest absolute Gasteiger partial charge is 0.294 e. The van der Waals surface area contributed by atoms with Crippen molar-refractivity contribution in [1.82, 2.24) is 15.0 Å². The van der Waals surface area contributed by atoms with Crippen LogP contribution in [-0.2, 0) is 17.6 Å². The van der Waals surface area contributed by atoms with Crippen LogP contribution in [0.5, 0.6) is 0 Å². The fourth-order valence-corrected chi connectivity index (χ4v) is 5.64. The molecular weight excluding hydrogens is 438 g/mol. The number of pyridine rings is 1. The maximum Gasteiger partial charge on any atom is 0.237 e. The zero-order valence-electron chi connectivity index (χ0n) is 18.4. The number of rotatable bonds is 5. The zero-order chi connectivity index (χ0) is 22.7. The monoisotopic (exact) mass is 463 g/mol. The lowest BCUT2D eigenvalue weighted by Crippen LogP contribution is -2.28. The summed E-state index contributed by atoms with van der Waals surface area (Å²) >= 11 is 2.93. The molecule has 6 nitrogen and oxygen atoms in total. The van der Waals surface area contributed by atoms with Gasteiger partial charge in [-0.25, -0.2) is 15.0 Å². The number of nitriles is 1. The highest BCUT2D eigenvalue weighted by atomic mass is 32.2. The van der Waals surface area contributed by atoms with Crippen molar-refractivity contribution in [2.24, 2.45) is 11.3 Å². The molecule has 0 unspecified atom stereocenters. The summed E-state index contributed by atoms with van der Waals surface area (Å²) in [5.74, 6) is 0.713. The van der Waals surface area contributed by atoms with Gasteiger partial charge in [-0.2, -0.15) is 5.26 Å². The molecule has 32 heavy (non-hydrogen) atoms. The fourth-order valence-electron chi connectivity index (χ4n) is 4.03. The summed E-state index contributed by atoms with van der Waals surface area (Å²) in [6.07, 6.45) is 6.04. The SMILES string of the molecule is CC(C)(C)[C@@H]1CCc2nc(SCC(=O)Nc3ncccn3)c(C#N)c(-c3cccs3)c2C1. The Morgan fingerprint density at radius 2 is 2.09 bits per heavy atom. The molecule has 1 atom stereocenters. The van der Waals surface area contributed by atoms with Gasteiger partial charge in [-0.15, -0.1) is 11.3 Å². The summed E-state index contributed by atoms with van der Waals surface area (Å²) in [6.45, 7) is 6.85. The lowest BCUT2D eigenvalue weighted by atomic mass is 9.70. The number of nitrogens with one attached hydrogen (secondary N) is 1. The third kappa shape index (κ3) is 4.84. The van der Waals surface area contributed by atoms with Gasteiger partial charge in [-0.05, 0) is 53.7 Å². The Kier molecular flexibility index (Phi) is 6.58. The Balaban J connectivity index is 1.66. The van der Waals surface area contributed by atoms with E-state index >= 15 is 0 Å². The first-order valence-electron chi connectivity index (χ1n) is 10.6. The molecule has 0 bridgehead atoms. The molecule has 1 N–H and O–H groups in total. The van der Waals surface area contributed by atoms with E-state index in [1.54, 1.807) is 29.8 Å². The number of thiophene rings is 1. The molecule has 3 heterocycles. The molecule has 1 amide bonds. The summed E-state index contributed by atoms with van der Waals surface area (Å²) in [7, 11) is 0. The molecule has 1 aliphatic rings. The molecule has 164 valence electrons. The number of aromatic nitrogens is 3. The molecular formula is C24H25N5OS2. The minimum Gasteiger partial charge on any atom is -0.294 e. The van der Waals surface area contributed by atoms with E-state index in [1.807, 2.05) is 11.4 Å². The van der Waals surface area contributed by atoms with Gasteiger partial charge in [0, 0.05) is 28.5 Å². The smallest absolute Gasteiger partial charge is 0.237 e. The highest BCUT2D eigenvalue weighted by Crippen LogP contribution is 2.44. The molecule has 0 radical (unpaired) electrons. The molecule has 0 saturated carbocycles. The van der Waals surface area contributed by atoms with E-state index in [1.165, 1.54) is 17.3 Å². The first-order valence-corrected chi connectivity index (χ1v) is 12.4. The molecule has 3 aromatic rings. The van der Waals surface area contributed by atoms with Gasteiger partial charge in [0.25, 0.3) is 0 Å². The predicted octanol–water partition coefficient (Wildman–Crippen LogP) is 5.35. The number of thioether (sulfide) groups is 1.